The van der Waals surface area contributed by atoms with Crippen molar-refractivity contribution < 1.29 is 14.6 Å². The predicted molar refractivity (Wildman–Crippen MR) is 86.1 cm³/mol. The quantitative estimate of drug-likeness (QED) is 0.313. The van der Waals surface area contributed by atoms with Crippen molar-refractivity contribution in [1.82, 2.24) is 0 Å². The second-order valence-electron chi connectivity index (χ2n) is 5.42. The van der Waals surface area contributed by atoms with Gasteiger partial charge in [0.1, 0.15) is 5.76 Å². The molecule has 0 radical (unpaired) electrons. The van der Waals surface area contributed by atoms with Gasteiger partial charge in [0.05, 0.1) is 0 Å². The van der Waals surface area contributed by atoms with Crippen LogP contribution < -0.4 is 0 Å². The third-order valence-electron chi connectivity index (χ3n) is 3.45. The number of rotatable bonds is 12. The van der Waals surface area contributed by atoms with Crippen LogP contribution in [0.4, 0.5) is 0 Å². The van der Waals surface area contributed by atoms with Crippen molar-refractivity contribution in [3.05, 3.63) is 36.1 Å². The maximum absolute atomic E-state index is 10.3. The van der Waals surface area contributed by atoms with Gasteiger partial charge in [0.25, 0.3) is 0 Å². The number of aliphatic carboxylic acids is 1. The smallest absolute Gasteiger partial charge is 0.303 e. The lowest BCUT2D eigenvalue weighted by Gasteiger charge is -1.97. The van der Waals surface area contributed by atoms with Gasteiger partial charge in [0, 0.05) is 12.8 Å². The van der Waals surface area contributed by atoms with E-state index < -0.39 is 5.97 Å². The van der Waals surface area contributed by atoms with Crippen molar-refractivity contribution in [3.63, 3.8) is 0 Å². The number of carboxylic acids is 1. The van der Waals surface area contributed by atoms with Crippen molar-refractivity contribution in [2.24, 2.45) is 0 Å². The first kappa shape index (κ1) is 17.5. The van der Waals surface area contributed by atoms with E-state index in [4.69, 9.17) is 9.84 Å². The summed E-state index contributed by atoms with van der Waals surface area (Å²) in [5.41, 5.74) is 0. The number of carbonyl (C=O) groups is 1. The molecule has 0 spiro atoms. The monoisotopic (exact) mass is 292 g/mol. The number of hydrogen-bond donors (Lipinski definition) is 1. The molecule has 1 atom stereocenters. The van der Waals surface area contributed by atoms with Crippen molar-refractivity contribution in [1.29, 1.82) is 0 Å². The summed E-state index contributed by atoms with van der Waals surface area (Å²) in [7, 11) is 0. The van der Waals surface area contributed by atoms with Crippen molar-refractivity contribution in [2.45, 2.75) is 70.8 Å². The molecule has 1 N–H and O–H groups in total. The Morgan fingerprint density at radius 1 is 1.14 bits per heavy atom. The fraction of sp³-hybridized carbons (Fsp3) is 0.611. The molecule has 118 valence electrons. The molecular weight excluding hydrogens is 264 g/mol. The summed E-state index contributed by atoms with van der Waals surface area (Å²) < 4.78 is 5.47. The molecule has 1 aliphatic rings. The van der Waals surface area contributed by atoms with Gasteiger partial charge in [-0.05, 0) is 31.8 Å². The number of carboxylic acid groups (broad SMARTS) is 1. The first-order valence-corrected chi connectivity index (χ1v) is 8.14. The van der Waals surface area contributed by atoms with Crippen molar-refractivity contribution >= 4 is 5.97 Å². The molecule has 21 heavy (non-hydrogen) atoms. The van der Waals surface area contributed by atoms with Crippen LogP contribution in [0.5, 0.6) is 0 Å². The summed E-state index contributed by atoms with van der Waals surface area (Å²) >= 11 is 0. The Hall–Kier alpha value is -1.51. The number of ether oxygens (including phenoxy) is 1. The zero-order valence-corrected chi connectivity index (χ0v) is 13.1. The molecule has 1 fully saturated rings. The Bertz CT molecular complexity index is 380. The van der Waals surface area contributed by atoms with Crippen LogP contribution in [0.3, 0.4) is 0 Å². The molecule has 1 rings (SSSR count). The van der Waals surface area contributed by atoms with Crippen LogP contribution in [0, 0.1) is 0 Å². The van der Waals surface area contributed by atoms with Crippen LogP contribution in [-0.4, -0.2) is 17.2 Å². The van der Waals surface area contributed by atoms with Gasteiger partial charge in [0.15, 0.2) is 6.10 Å². The van der Waals surface area contributed by atoms with Gasteiger partial charge in [-0.1, -0.05) is 50.5 Å². The van der Waals surface area contributed by atoms with E-state index in [0.29, 0.717) is 12.5 Å². The fourth-order valence-electron chi connectivity index (χ4n) is 2.16. The Balaban J connectivity index is 1.92. The van der Waals surface area contributed by atoms with Crippen molar-refractivity contribution in [3.8, 4) is 0 Å². The largest absolute Gasteiger partial charge is 0.483 e. The van der Waals surface area contributed by atoms with E-state index in [9.17, 15) is 4.79 Å². The third-order valence-corrected chi connectivity index (χ3v) is 3.45. The lowest BCUT2D eigenvalue weighted by atomic mass is 10.1. The van der Waals surface area contributed by atoms with E-state index in [1.54, 1.807) is 0 Å². The highest BCUT2D eigenvalue weighted by Crippen LogP contribution is 2.30. The molecule has 3 heteroatoms. The summed E-state index contributed by atoms with van der Waals surface area (Å²) in [4.78, 5) is 10.3. The second kappa shape index (κ2) is 11.2. The normalized spacial score (nSPS) is 19.5. The summed E-state index contributed by atoms with van der Waals surface area (Å²) in [6.45, 7) is 2.13. The zero-order valence-electron chi connectivity index (χ0n) is 13.1. The van der Waals surface area contributed by atoms with E-state index in [-0.39, 0.29) is 0 Å². The maximum Gasteiger partial charge on any atom is 0.303 e. The predicted octanol–water partition coefficient (Wildman–Crippen LogP) is 5.00. The average Bonchev–Trinajstić information content (AvgIpc) is 3.19. The summed E-state index contributed by atoms with van der Waals surface area (Å²) in [6.07, 6.45) is 19.8. The van der Waals surface area contributed by atoms with Gasteiger partial charge in [-0.25, -0.2) is 0 Å². The Labute approximate surface area is 128 Å². The molecule has 0 bridgehead atoms. The summed E-state index contributed by atoms with van der Waals surface area (Å²) in [5.74, 6) is 0.414. The number of unbranched alkanes of at least 4 members (excludes halogenated alkanes) is 5. The molecule has 1 heterocycles. The zero-order chi connectivity index (χ0) is 15.3. The Morgan fingerprint density at radius 2 is 1.90 bits per heavy atom. The highest BCUT2D eigenvalue weighted by Gasteiger charge is 2.29. The Kier molecular flexibility index (Phi) is 9.34. The third kappa shape index (κ3) is 9.94. The minimum absolute atomic E-state index is 0.308. The van der Waals surface area contributed by atoms with Gasteiger partial charge in [-0.15, -0.1) is 0 Å². The standard InChI is InChI=1S/C18H28O3/c1-2-3-10-13-16-17(21-16)14-11-8-6-4-5-7-9-12-15-18(19)20/h3,8,10-11,14,16H,2,4-7,9,12-13,15H2,1H3,(H,19,20)/b10-3?,11-8-,17-14?. The molecule has 0 aromatic rings. The summed E-state index contributed by atoms with van der Waals surface area (Å²) in [5, 5.41) is 8.51. The van der Waals surface area contributed by atoms with E-state index in [1.165, 1.54) is 12.8 Å². The SMILES string of the molecule is CCC=CCC1OC1=C/C=C\CCCCCCCC(=O)O. The molecule has 3 nitrogen and oxygen atoms in total. The molecule has 1 aliphatic heterocycles. The van der Waals surface area contributed by atoms with Gasteiger partial charge in [-0.3, -0.25) is 4.79 Å². The average molecular weight is 292 g/mol. The van der Waals surface area contributed by atoms with E-state index in [1.807, 2.05) is 0 Å². The highest BCUT2D eigenvalue weighted by atomic mass is 16.6. The molecule has 0 aromatic heterocycles. The molecule has 0 amide bonds. The van der Waals surface area contributed by atoms with Crippen LogP contribution >= 0.6 is 0 Å². The lowest BCUT2D eigenvalue weighted by Crippen LogP contribution is -1.93. The van der Waals surface area contributed by atoms with Crippen LogP contribution in [0.15, 0.2) is 36.1 Å². The van der Waals surface area contributed by atoms with Crippen molar-refractivity contribution in [2.75, 3.05) is 0 Å². The number of hydrogen-bond acceptors (Lipinski definition) is 2. The minimum Gasteiger partial charge on any atom is -0.483 e. The first-order chi connectivity index (χ1) is 10.2. The molecule has 1 saturated heterocycles. The summed E-state index contributed by atoms with van der Waals surface area (Å²) in [6, 6.07) is 0. The van der Waals surface area contributed by atoms with Gasteiger partial charge in [-0.2, -0.15) is 0 Å². The van der Waals surface area contributed by atoms with Gasteiger partial charge < -0.3 is 9.84 Å². The molecular formula is C18H28O3. The number of allylic oxidation sites excluding steroid dienone is 4. The second-order valence-corrected chi connectivity index (χ2v) is 5.42. The van der Waals surface area contributed by atoms with E-state index in [2.05, 4.69) is 37.3 Å². The minimum atomic E-state index is -0.684. The van der Waals surface area contributed by atoms with E-state index in [0.717, 1.165) is 44.3 Å². The van der Waals surface area contributed by atoms with Gasteiger partial charge >= 0.3 is 5.97 Å². The molecule has 0 aliphatic carbocycles. The molecule has 0 aromatic carbocycles. The highest BCUT2D eigenvalue weighted by molar-refractivity contribution is 5.66. The van der Waals surface area contributed by atoms with Crippen LogP contribution in [-0.2, 0) is 9.53 Å². The van der Waals surface area contributed by atoms with Gasteiger partial charge in [0.2, 0.25) is 0 Å². The fourth-order valence-corrected chi connectivity index (χ4v) is 2.16. The number of epoxide rings is 1. The van der Waals surface area contributed by atoms with Crippen LogP contribution in [0.2, 0.25) is 0 Å². The lowest BCUT2D eigenvalue weighted by molar-refractivity contribution is -0.137. The maximum atomic E-state index is 10.3. The topological polar surface area (TPSA) is 49.8 Å². The molecule has 0 saturated carbocycles. The van der Waals surface area contributed by atoms with Crippen LogP contribution in [0.25, 0.3) is 0 Å². The Morgan fingerprint density at radius 3 is 2.67 bits per heavy atom. The van der Waals surface area contributed by atoms with E-state index >= 15 is 0 Å². The molecule has 1 unspecified atom stereocenters. The van der Waals surface area contributed by atoms with Crippen LogP contribution in [0.1, 0.15) is 64.7 Å². The first-order valence-electron chi connectivity index (χ1n) is 8.14.